The Hall–Kier alpha value is -1.55. The zero-order valence-corrected chi connectivity index (χ0v) is 13.0. The van der Waals surface area contributed by atoms with Crippen LogP contribution in [0.15, 0.2) is 24.4 Å². The molecule has 0 aliphatic rings. The molecule has 0 saturated heterocycles. The molecular weight excluding hydrogens is 248 g/mol. The second-order valence-corrected chi connectivity index (χ2v) is 5.94. The Kier molecular flexibility index (Phi) is 4.65. The van der Waals surface area contributed by atoms with E-state index in [4.69, 9.17) is 10.7 Å². The van der Waals surface area contributed by atoms with E-state index in [2.05, 4.69) is 43.3 Å². The van der Waals surface area contributed by atoms with Crippen LogP contribution in [-0.2, 0) is 6.42 Å². The number of rotatable bonds is 6. The van der Waals surface area contributed by atoms with E-state index in [0.29, 0.717) is 18.5 Å². The van der Waals surface area contributed by atoms with Crippen LogP contribution in [0.5, 0.6) is 0 Å². The zero-order valence-electron chi connectivity index (χ0n) is 13.0. The number of nitrogens with zero attached hydrogens (tertiary/aromatic N) is 3. The van der Waals surface area contributed by atoms with Crippen LogP contribution < -0.4 is 10.6 Å². The van der Waals surface area contributed by atoms with E-state index < -0.39 is 0 Å². The SMILES string of the molecule is CC(C)CC(C)N(C)c1nc2ccccn2c1CCN. The van der Waals surface area contributed by atoms with Crippen molar-refractivity contribution in [3.8, 4) is 0 Å². The highest BCUT2D eigenvalue weighted by Gasteiger charge is 2.19. The fourth-order valence-electron chi connectivity index (χ4n) is 2.73. The van der Waals surface area contributed by atoms with E-state index in [1.807, 2.05) is 18.2 Å². The van der Waals surface area contributed by atoms with Gasteiger partial charge in [0, 0.05) is 25.7 Å². The van der Waals surface area contributed by atoms with E-state index in [0.717, 1.165) is 24.3 Å². The fraction of sp³-hybridized carbons (Fsp3) is 0.562. The lowest BCUT2D eigenvalue weighted by Gasteiger charge is -2.27. The number of pyridine rings is 1. The number of hydrogen-bond donors (Lipinski definition) is 1. The third kappa shape index (κ3) is 2.96. The summed E-state index contributed by atoms with van der Waals surface area (Å²) in [5, 5.41) is 0. The number of anilines is 1. The first-order valence-corrected chi connectivity index (χ1v) is 7.43. The molecule has 0 bridgehead atoms. The monoisotopic (exact) mass is 274 g/mol. The Morgan fingerprint density at radius 2 is 2.05 bits per heavy atom. The maximum absolute atomic E-state index is 5.78. The third-order valence-corrected chi connectivity index (χ3v) is 3.80. The van der Waals surface area contributed by atoms with E-state index >= 15 is 0 Å². The highest BCUT2D eigenvalue weighted by atomic mass is 15.2. The minimum absolute atomic E-state index is 0.469. The van der Waals surface area contributed by atoms with Gasteiger partial charge in [-0.1, -0.05) is 19.9 Å². The predicted octanol–water partition coefficient (Wildman–Crippen LogP) is 2.71. The van der Waals surface area contributed by atoms with Crippen molar-refractivity contribution in [1.29, 1.82) is 0 Å². The van der Waals surface area contributed by atoms with Gasteiger partial charge in [-0.15, -0.1) is 0 Å². The molecule has 2 rings (SSSR count). The molecule has 0 aliphatic heterocycles. The third-order valence-electron chi connectivity index (χ3n) is 3.80. The number of nitrogens with two attached hydrogens (primary N) is 1. The summed E-state index contributed by atoms with van der Waals surface area (Å²) in [5.41, 5.74) is 7.98. The van der Waals surface area contributed by atoms with Crippen molar-refractivity contribution in [3.05, 3.63) is 30.1 Å². The molecule has 1 unspecified atom stereocenters. The lowest BCUT2D eigenvalue weighted by atomic mass is 10.0. The standard InChI is InChI=1S/C16H26N4/c1-12(2)11-13(3)19(4)16-14(8-9-17)20-10-6-5-7-15(20)18-16/h5-7,10,12-13H,8-9,11,17H2,1-4H3. The molecule has 4 heteroatoms. The highest BCUT2D eigenvalue weighted by molar-refractivity contribution is 5.56. The zero-order chi connectivity index (χ0) is 14.7. The van der Waals surface area contributed by atoms with Crippen LogP contribution in [0.3, 0.4) is 0 Å². The molecule has 2 heterocycles. The van der Waals surface area contributed by atoms with Gasteiger partial charge in [0.25, 0.3) is 0 Å². The van der Waals surface area contributed by atoms with Crippen molar-refractivity contribution in [1.82, 2.24) is 9.38 Å². The maximum Gasteiger partial charge on any atom is 0.151 e. The van der Waals surface area contributed by atoms with Crippen molar-refractivity contribution in [2.45, 2.75) is 39.7 Å². The van der Waals surface area contributed by atoms with E-state index in [1.165, 1.54) is 5.69 Å². The van der Waals surface area contributed by atoms with Crippen molar-refractivity contribution in [2.24, 2.45) is 11.7 Å². The summed E-state index contributed by atoms with van der Waals surface area (Å²) in [5.74, 6) is 1.75. The molecule has 1 atom stereocenters. The van der Waals surface area contributed by atoms with Gasteiger partial charge in [-0.3, -0.25) is 0 Å². The summed E-state index contributed by atoms with van der Waals surface area (Å²) in [7, 11) is 2.13. The number of aromatic nitrogens is 2. The maximum atomic E-state index is 5.78. The molecule has 20 heavy (non-hydrogen) atoms. The van der Waals surface area contributed by atoms with Gasteiger partial charge in [-0.2, -0.15) is 0 Å². The van der Waals surface area contributed by atoms with Gasteiger partial charge in [-0.05, 0) is 37.9 Å². The first-order valence-electron chi connectivity index (χ1n) is 7.43. The van der Waals surface area contributed by atoms with Gasteiger partial charge in [0.05, 0.1) is 5.69 Å². The molecule has 0 amide bonds. The average molecular weight is 274 g/mol. The Morgan fingerprint density at radius 1 is 1.30 bits per heavy atom. The first kappa shape index (κ1) is 14.9. The molecule has 0 fully saturated rings. The van der Waals surface area contributed by atoms with Crippen LogP contribution in [0.1, 0.15) is 32.9 Å². The summed E-state index contributed by atoms with van der Waals surface area (Å²) in [4.78, 5) is 7.08. The molecule has 2 N–H and O–H groups in total. The van der Waals surface area contributed by atoms with Crippen LogP contribution in [0.4, 0.5) is 5.82 Å². The summed E-state index contributed by atoms with van der Waals surface area (Å²) in [6.07, 6.45) is 4.07. The molecule has 2 aromatic heterocycles. The molecule has 0 aliphatic carbocycles. The smallest absolute Gasteiger partial charge is 0.151 e. The number of imidazole rings is 1. The minimum atomic E-state index is 0.469. The lowest BCUT2D eigenvalue weighted by Crippen LogP contribution is -2.31. The van der Waals surface area contributed by atoms with Gasteiger partial charge >= 0.3 is 0 Å². The topological polar surface area (TPSA) is 46.6 Å². The molecule has 0 spiro atoms. The molecule has 4 nitrogen and oxygen atoms in total. The molecule has 0 radical (unpaired) electrons. The van der Waals surface area contributed by atoms with Gasteiger partial charge in [0.2, 0.25) is 0 Å². The van der Waals surface area contributed by atoms with Gasteiger partial charge in [0.15, 0.2) is 5.82 Å². The van der Waals surface area contributed by atoms with E-state index in [1.54, 1.807) is 0 Å². The van der Waals surface area contributed by atoms with Crippen LogP contribution in [0, 0.1) is 5.92 Å². The highest BCUT2D eigenvalue weighted by Crippen LogP contribution is 2.24. The molecule has 0 aromatic carbocycles. The van der Waals surface area contributed by atoms with Crippen molar-refractivity contribution in [2.75, 3.05) is 18.5 Å². The second kappa shape index (κ2) is 6.27. The van der Waals surface area contributed by atoms with Crippen LogP contribution >= 0.6 is 0 Å². The van der Waals surface area contributed by atoms with Crippen molar-refractivity contribution < 1.29 is 0 Å². The molecular formula is C16H26N4. The molecule has 2 aromatic rings. The van der Waals surface area contributed by atoms with Gasteiger partial charge < -0.3 is 15.0 Å². The quantitative estimate of drug-likeness (QED) is 0.881. The fourth-order valence-corrected chi connectivity index (χ4v) is 2.73. The Bertz CT molecular complexity index is 559. The Labute approximate surface area is 121 Å². The largest absolute Gasteiger partial charge is 0.355 e. The van der Waals surface area contributed by atoms with E-state index in [-0.39, 0.29) is 0 Å². The Balaban J connectivity index is 2.39. The second-order valence-electron chi connectivity index (χ2n) is 5.94. The molecule has 110 valence electrons. The van der Waals surface area contributed by atoms with Crippen molar-refractivity contribution >= 4 is 11.5 Å². The lowest BCUT2D eigenvalue weighted by molar-refractivity contribution is 0.501. The summed E-state index contributed by atoms with van der Waals surface area (Å²) in [6.45, 7) is 7.42. The van der Waals surface area contributed by atoms with Crippen molar-refractivity contribution in [3.63, 3.8) is 0 Å². The van der Waals surface area contributed by atoms with Gasteiger partial charge in [0.1, 0.15) is 5.65 Å². The van der Waals surface area contributed by atoms with Crippen LogP contribution in [0.25, 0.3) is 5.65 Å². The van der Waals surface area contributed by atoms with E-state index in [9.17, 15) is 0 Å². The van der Waals surface area contributed by atoms with Crippen LogP contribution in [-0.4, -0.2) is 29.0 Å². The summed E-state index contributed by atoms with van der Waals surface area (Å²) in [6, 6.07) is 6.58. The predicted molar refractivity (Wildman–Crippen MR) is 85.3 cm³/mol. The summed E-state index contributed by atoms with van der Waals surface area (Å²) >= 11 is 0. The number of hydrogen-bond acceptors (Lipinski definition) is 3. The average Bonchev–Trinajstić information content (AvgIpc) is 2.77. The summed E-state index contributed by atoms with van der Waals surface area (Å²) < 4.78 is 2.15. The minimum Gasteiger partial charge on any atom is -0.355 e. The number of fused-ring (bicyclic) bond motifs is 1. The Morgan fingerprint density at radius 3 is 2.70 bits per heavy atom. The normalized spacial score (nSPS) is 13.1. The first-order chi connectivity index (χ1) is 9.54. The molecule has 0 saturated carbocycles. The van der Waals surface area contributed by atoms with Crippen LogP contribution in [0.2, 0.25) is 0 Å². The van der Waals surface area contributed by atoms with Gasteiger partial charge in [-0.25, -0.2) is 4.98 Å².